The molecule has 0 aliphatic carbocycles. The Morgan fingerprint density at radius 3 is 2.76 bits per heavy atom. The van der Waals surface area contributed by atoms with Crippen molar-refractivity contribution >= 4 is 11.6 Å². The highest BCUT2D eigenvalue weighted by Gasteiger charge is 2.09. The normalized spacial score (nSPS) is 10.9. The van der Waals surface area contributed by atoms with Crippen molar-refractivity contribution in [1.29, 1.82) is 5.26 Å². The summed E-state index contributed by atoms with van der Waals surface area (Å²) in [6, 6.07) is 8.05. The SMILES string of the molecule is Cc1nn(-c2ccc(CNCC(C)C)cc2C#N)cc1Cl. The van der Waals surface area contributed by atoms with Crippen molar-refractivity contribution in [1.82, 2.24) is 15.1 Å². The molecule has 0 atom stereocenters. The molecular formula is C16H19ClN4. The maximum absolute atomic E-state index is 9.35. The molecule has 2 aromatic rings. The van der Waals surface area contributed by atoms with E-state index in [-0.39, 0.29) is 0 Å². The molecular weight excluding hydrogens is 284 g/mol. The van der Waals surface area contributed by atoms with E-state index in [1.807, 2.05) is 25.1 Å². The fourth-order valence-corrected chi connectivity index (χ4v) is 2.18. The van der Waals surface area contributed by atoms with Crippen LogP contribution in [-0.2, 0) is 6.54 Å². The predicted octanol–water partition coefficient (Wildman–Crippen LogP) is 3.45. The lowest BCUT2D eigenvalue weighted by atomic mass is 10.1. The van der Waals surface area contributed by atoms with Crippen molar-refractivity contribution in [3.05, 3.63) is 46.2 Å². The first kappa shape index (κ1) is 15.6. The molecule has 0 bridgehead atoms. The summed E-state index contributed by atoms with van der Waals surface area (Å²) in [4.78, 5) is 0. The molecule has 0 saturated carbocycles. The van der Waals surface area contributed by atoms with Crippen molar-refractivity contribution in [2.24, 2.45) is 5.92 Å². The van der Waals surface area contributed by atoms with E-state index in [2.05, 4.69) is 30.3 Å². The fraction of sp³-hybridized carbons (Fsp3) is 0.375. The monoisotopic (exact) mass is 302 g/mol. The summed E-state index contributed by atoms with van der Waals surface area (Å²) >= 11 is 6.03. The van der Waals surface area contributed by atoms with Gasteiger partial charge in [0.15, 0.2) is 0 Å². The maximum Gasteiger partial charge on any atom is 0.101 e. The summed E-state index contributed by atoms with van der Waals surface area (Å²) in [5.74, 6) is 0.605. The number of nitrogens with one attached hydrogen (secondary N) is 1. The Morgan fingerprint density at radius 2 is 2.19 bits per heavy atom. The van der Waals surface area contributed by atoms with Gasteiger partial charge in [-0.05, 0) is 37.1 Å². The highest BCUT2D eigenvalue weighted by atomic mass is 35.5. The molecule has 0 saturated heterocycles. The van der Waals surface area contributed by atoms with Gasteiger partial charge in [-0.3, -0.25) is 0 Å². The summed E-state index contributed by atoms with van der Waals surface area (Å²) in [6.45, 7) is 7.89. The Bertz CT molecular complexity index is 648. The standard InChI is InChI=1S/C16H19ClN4/c1-11(2)8-19-9-13-4-5-16(14(6-13)7-18)21-10-15(17)12(3)20-21/h4-6,10-11,19H,8-9H2,1-3H3. The van der Waals surface area contributed by atoms with Gasteiger partial charge >= 0.3 is 0 Å². The van der Waals surface area contributed by atoms with Gasteiger partial charge in [-0.25, -0.2) is 4.68 Å². The summed E-state index contributed by atoms with van der Waals surface area (Å²) in [5, 5.41) is 17.6. The number of rotatable bonds is 5. The molecule has 2 rings (SSSR count). The summed E-state index contributed by atoms with van der Waals surface area (Å²) in [6.07, 6.45) is 1.73. The average Bonchev–Trinajstić information content (AvgIpc) is 2.78. The second-order valence-electron chi connectivity index (χ2n) is 5.50. The number of hydrogen-bond acceptors (Lipinski definition) is 3. The van der Waals surface area contributed by atoms with Crippen LogP contribution in [0.3, 0.4) is 0 Å². The third kappa shape index (κ3) is 3.84. The van der Waals surface area contributed by atoms with Gasteiger partial charge in [-0.15, -0.1) is 0 Å². The molecule has 0 spiro atoms. The molecule has 4 nitrogen and oxygen atoms in total. The molecule has 110 valence electrons. The minimum atomic E-state index is 0.595. The van der Waals surface area contributed by atoms with Crippen LogP contribution in [-0.4, -0.2) is 16.3 Å². The second-order valence-corrected chi connectivity index (χ2v) is 5.90. The van der Waals surface area contributed by atoms with E-state index in [1.165, 1.54) is 0 Å². The molecule has 1 aromatic heterocycles. The van der Waals surface area contributed by atoms with Gasteiger partial charge in [0.2, 0.25) is 0 Å². The van der Waals surface area contributed by atoms with Crippen LogP contribution in [0, 0.1) is 24.2 Å². The zero-order chi connectivity index (χ0) is 15.4. The number of halogens is 1. The first-order valence-electron chi connectivity index (χ1n) is 6.97. The summed E-state index contributed by atoms with van der Waals surface area (Å²) < 4.78 is 1.65. The van der Waals surface area contributed by atoms with Gasteiger partial charge in [0.1, 0.15) is 6.07 Å². The van der Waals surface area contributed by atoms with Crippen LogP contribution < -0.4 is 5.32 Å². The van der Waals surface area contributed by atoms with Crippen molar-refractivity contribution in [2.75, 3.05) is 6.54 Å². The molecule has 0 unspecified atom stereocenters. The minimum absolute atomic E-state index is 0.595. The van der Waals surface area contributed by atoms with E-state index >= 15 is 0 Å². The van der Waals surface area contributed by atoms with Gasteiger partial charge in [0.05, 0.1) is 22.0 Å². The van der Waals surface area contributed by atoms with Crippen LogP contribution >= 0.6 is 11.6 Å². The fourth-order valence-electron chi connectivity index (χ4n) is 2.05. The lowest BCUT2D eigenvalue weighted by molar-refractivity contribution is 0.552. The number of aromatic nitrogens is 2. The highest BCUT2D eigenvalue weighted by molar-refractivity contribution is 6.31. The number of nitrogens with zero attached hydrogens (tertiary/aromatic N) is 3. The van der Waals surface area contributed by atoms with Crippen molar-refractivity contribution in [3.63, 3.8) is 0 Å². The van der Waals surface area contributed by atoms with Gasteiger partial charge in [0.25, 0.3) is 0 Å². The highest BCUT2D eigenvalue weighted by Crippen LogP contribution is 2.20. The van der Waals surface area contributed by atoms with E-state index in [0.29, 0.717) is 16.5 Å². The van der Waals surface area contributed by atoms with E-state index in [0.717, 1.165) is 30.0 Å². The quantitative estimate of drug-likeness (QED) is 0.920. The minimum Gasteiger partial charge on any atom is -0.312 e. The number of nitriles is 1. The molecule has 0 radical (unpaired) electrons. The summed E-state index contributed by atoms with van der Waals surface area (Å²) in [5.41, 5.74) is 3.19. The molecule has 1 heterocycles. The maximum atomic E-state index is 9.35. The second kappa shape index (κ2) is 6.75. The molecule has 0 aliphatic heterocycles. The Morgan fingerprint density at radius 1 is 1.43 bits per heavy atom. The zero-order valence-corrected chi connectivity index (χ0v) is 13.3. The van der Waals surface area contributed by atoms with Crippen LogP contribution in [0.15, 0.2) is 24.4 Å². The van der Waals surface area contributed by atoms with Crippen LogP contribution in [0.25, 0.3) is 5.69 Å². The molecule has 0 amide bonds. The Kier molecular flexibility index (Phi) is 5.00. The van der Waals surface area contributed by atoms with Gasteiger partial charge in [-0.1, -0.05) is 31.5 Å². The Hall–Kier alpha value is -1.83. The molecule has 0 aliphatic rings. The molecule has 1 N–H and O–H groups in total. The molecule has 1 aromatic carbocycles. The Balaban J connectivity index is 2.23. The van der Waals surface area contributed by atoms with Crippen LogP contribution in [0.4, 0.5) is 0 Å². The molecule has 21 heavy (non-hydrogen) atoms. The first-order chi connectivity index (χ1) is 10.0. The average molecular weight is 303 g/mol. The summed E-state index contributed by atoms with van der Waals surface area (Å²) in [7, 11) is 0. The lowest BCUT2D eigenvalue weighted by Crippen LogP contribution is -2.19. The number of hydrogen-bond donors (Lipinski definition) is 1. The third-order valence-electron chi connectivity index (χ3n) is 3.15. The van der Waals surface area contributed by atoms with Crippen LogP contribution in [0.1, 0.15) is 30.7 Å². The smallest absolute Gasteiger partial charge is 0.101 e. The third-order valence-corrected chi connectivity index (χ3v) is 3.52. The van der Waals surface area contributed by atoms with Crippen molar-refractivity contribution < 1.29 is 0 Å². The molecule has 5 heteroatoms. The van der Waals surface area contributed by atoms with Crippen molar-refractivity contribution in [2.45, 2.75) is 27.3 Å². The van der Waals surface area contributed by atoms with E-state index < -0.39 is 0 Å². The first-order valence-corrected chi connectivity index (χ1v) is 7.35. The van der Waals surface area contributed by atoms with E-state index in [1.54, 1.807) is 10.9 Å². The number of benzene rings is 1. The van der Waals surface area contributed by atoms with Crippen LogP contribution in [0.5, 0.6) is 0 Å². The largest absolute Gasteiger partial charge is 0.312 e. The molecule has 0 fully saturated rings. The topological polar surface area (TPSA) is 53.6 Å². The zero-order valence-electron chi connectivity index (χ0n) is 12.5. The number of aryl methyl sites for hydroxylation is 1. The lowest BCUT2D eigenvalue weighted by Gasteiger charge is -2.09. The van der Waals surface area contributed by atoms with Gasteiger partial charge < -0.3 is 5.32 Å². The van der Waals surface area contributed by atoms with Gasteiger partial charge in [-0.2, -0.15) is 10.4 Å². The van der Waals surface area contributed by atoms with E-state index in [4.69, 9.17) is 11.6 Å². The van der Waals surface area contributed by atoms with Gasteiger partial charge in [0, 0.05) is 12.7 Å². The predicted molar refractivity (Wildman–Crippen MR) is 84.6 cm³/mol. The van der Waals surface area contributed by atoms with Crippen molar-refractivity contribution in [3.8, 4) is 11.8 Å². The van der Waals surface area contributed by atoms with Crippen LogP contribution in [0.2, 0.25) is 5.02 Å². The van der Waals surface area contributed by atoms with E-state index in [9.17, 15) is 5.26 Å². The Labute approximate surface area is 130 Å².